The van der Waals surface area contributed by atoms with Crippen molar-refractivity contribution in [3.63, 3.8) is 0 Å². The van der Waals surface area contributed by atoms with Crippen LogP contribution in [0.3, 0.4) is 0 Å². The van der Waals surface area contributed by atoms with Gasteiger partial charge in [0, 0.05) is 6.54 Å². The van der Waals surface area contributed by atoms with Gasteiger partial charge in [-0.05, 0) is 43.9 Å². The normalized spacial score (nSPS) is 11.9. The largest absolute Gasteiger partial charge is 0.497 e. The first-order valence-electron chi connectivity index (χ1n) is 8.73. The van der Waals surface area contributed by atoms with Gasteiger partial charge in [-0.3, -0.25) is 0 Å². The zero-order valence-electron chi connectivity index (χ0n) is 16.0. The van der Waals surface area contributed by atoms with Crippen molar-refractivity contribution in [2.45, 2.75) is 6.04 Å². The number of nitrogens with zero attached hydrogens (tertiary/aromatic N) is 5. The Morgan fingerprint density at radius 1 is 1.29 bits per heavy atom. The van der Waals surface area contributed by atoms with Gasteiger partial charge in [-0.25, -0.2) is 19.4 Å². The second-order valence-corrected chi connectivity index (χ2v) is 6.34. The third kappa shape index (κ3) is 4.83. The molecule has 0 saturated carbocycles. The number of anilines is 1. The number of benzene rings is 1. The minimum atomic E-state index is -0.301. The summed E-state index contributed by atoms with van der Waals surface area (Å²) in [5, 5.41) is 9.70. The molecule has 146 valence electrons. The highest BCUT2D eigenvalue weighted by Gasteiger charge is 2.16. The number of pyridine rings is 1. The van der Waals surface area contributed by atoms with Gasteiger partial charge in [0.05, 0.1) is 25.0 Å². The van der Waals surface area contributed by atoms with Gasteiger partial charge in [-0.2, -0.15) is 5.10 Å². The van der Waals surface area contributed by atoms with Crippen molar-refractivity contribution in [3.05, 3.63) is 60.8 Å². The van der Waals surface area contributed by atoms with Gasteiger partial charge in [0.25, 0.3) is 0 Å². The van der Waals surface area contributed by atoms with Crippen molar-refractivity contribution >= 4 is 11.7 Å². The predicted octanol–water partition coefficient (Wildman–Crippen LogP) is 2.10. The van der Waals surface area contributed by atoms with E-state index in [0.29, 0.717) is 18.1 Å². The summed E-state index contributed by atoms with van der Waals surface area (Å²) in [4.78, 5) is 22.5. The standard InChI is InChI=1S/C19H23N7O2/c1-25(2)17(14-5-4-6-16(9-14)28-3)11-22-19(27)24-15-7-8-18(21-10-15)26-13-20-12-23-26/h4-10,12-13,17H,11H2,1-3H3,(H2,22,24,27)/t17-/m0/s1. The van der Waals surface area contributed by atoms with Crippen molar-refractivity contribution in [2.24, 2.45) is 0 Å². The Hall–Kier alpha value is -3.46. The van der Waals surface area contributed by atoms with E-state index in [2.05, 4.69) is 25.7 Å². The van der Waals surface area contributed by atoms with Crippen LogP contribution in [0.2, 0.25) is 0 Å². The lowest BCUT2D eigenvalue weighted by Crippen LogP contribution is -2.36. The van der Waals surface area contributed by atoms with E-state index < -0.39 is 0 Å². The molecule has 0 saturated heterocycles. The van der Waals surface area contributed by atoms with E-state index in [4.69, 9.17) is 4.74 Å². The van der Waals surface area contributed by atoms with E-state index in [9.17, 15) is 4.79 Å². The average Bonchev–Trinajstić information content (AvgIpc) is 3.23. The van der Waals surface area contributed by atoms with Gasteiger partial charge >= 0.3 is 6.03 Å². The lowest BCUT2D eigenvalue weighted by Gasteiger charge is -2.25. The maximum Gasteiger partial charge on any atom is 0.319 e. The van der Waals surface area contributed by atoms with Crippen molar-refractivity contribution in [3.8, 4) is 11.6 Å². The highest BCUT2D eigenvalue weighted by Crippen LogP contribution is 2.22. The lowest BCUT2D eigenvalue weighted by atomic mass is 10.1. The molecule has 0 aliphatic rings. The number of amides is 2. The van der Waals surface area contributed by atoms with Crippen molar-refractivity contribution < 1.29 is 9.53 Å². The molecule has 1 aromatic carbocycles. The Labute approximate surface area is 163 Å². The van der Waals surface area contributed by atoms with Gasteiger partial charge in [0.2, 0.25) is 0 Å². The molecule has 1 atom stereocenters. The summed E-state index contributed by atoms with van der Waals surface area (Å²) in [6.45, 7) is 0.441. The number of ether oxygens (including phenoxy) is 1. The number of likely N-dealkylation sites (N-methyl/N-ethyl adjacent to an activating group) is 1. The number of nitrogens with one attached hydrogen (secondary N) is 2. The summed E-state index contributed by atoms with van der Waals surface area (Å²) in [6.07, 6.45) is 4.56. The quantitative estimate of drug-likeness (QED) is 0.650. The summed E-state index contributed by atoms with van der Waals surface area (Å²) in [7, 11) is 5.57. The number of carbonyl (C=O) groups is 1. The molecule has 28 heavy (non-hydrogen) atoms. The molecular weight excluding hydrogens is 358 g/mol. The molecule has 0 aliphatic heterocycles. The van der Waals surface area contributed by atoms with Gasteiger partial charge in [-0.1, -0.05) is 12.1 Å². The fraction of sp³-hybridized carbons (Fsp3) is 0.263. The van der Waals surface area contributed by atoms with Crippen LogP contribution in [0.4, 0.5) is 10.5 Å². The van der Waals surface area contributed by atoms with Gasteiger partial charge in [0.1, 0.15) is 18.4 Å². The van der Waals surface area contributed by atoms with Gasteiger partial charge in [0.15, 0.2) is 5.82 Å². The third-order valence-corrected chi connectivity index (χ3v) is 4.22. The van der Waals surface area contributed by atoms with Crippen LogP contribution < -0.4 is 15.4 Å². The van der Waals surface area contributed by atoms with E-state index >= 15 is 0 Å². The SMILES string of the molecule is COc1cccc([C@H](CNC(=O)Nc2ccc(-n3cncn3)nc2)N(C)C)c1. The lowest BCUT2D eigenvalue weighted by molar-refractivity contribution is 0.243. The first-order chi connectivity index (χ1) is 13.6. The predicted molar refractivity (Wildman–Crippen MR) is 106 cm³/mol. The topological polar surface area (TPSA) is 97.2 Å². The molecule has 3 aromatic rings. The molecule has 2 N–H and O–H groups in total. The maximum atomic E-state index is 12.3. The van der Waals surface area contributed by atoms with Crippen LogP contribution in [0, 0.1) is 0 Å². The number of aromatic nitrogens is 4. The minimum absolute atomic E-state index is 0.00802. The molecule has 2 aromatic heterocycles. The highest BCUT2D eigenvalue weighted by molar-refractivity contribution is 5.89. The zero-order valence-corrected chi connectivity index (χ0v) is 16.0. The summed E-state index contributed by atoms with van der Waals surface area (Å²) in [5.74, 6) is 1.40. The van der Waals surface area contributed by atoms with Gasteiger partial charge in [-0.15, -0.1) is 0 Å². The second kappa shape index (κ2) is 8.96. The Bertz CT molecular complexity index is 895. The summed E-state index contributed by atoms with van der Waals surface area (Å²) in [6, 6.07) is 11.0. The smallest absolute Gasteiger partial charge is 0.319 e. The van der Waals surface area contributed by atoms with Crippen LogP contribution >= 0.6 is 0 Å². The monoisotopic (exact) mass is 381 g/mol. The van der Waals surface area contributed by atoms with E-state index in [1.807, 2.05) is 43.3 Å². The van der Waals surface area contributed by atoms with E-state index in [-0.39, 0.29) is 12.1 Å². The Kier molecular flexibility index (Phi) is 6.18. The highest BCUT2D eigenvalue weighted by atomic mass is 16.5. The molecule has 9 nitrogen and oxygen atoms in total. The first kappa shape index (κ1) is 19.3. The number of rotatable bonds is 7. The minimum Gasteiger partial charge on any atom is -0.497 e. The third-order valence-electron chi connectivity index (χ3n) is 4.22. The number of carbonyl (C=O) groups excluding carboxylic acids is 1. The molecule has 0 aliphatic carbocycles. The van der Waals surface area contributed by atoms with Crippen LogP contribution in [-0.4, -0.2) is 58.4 Å². The van der Waals surface area contributed by atoms with E-state index in [0.717, 1.165) is 11.3 Å². The molecule has 3 rings (SSSR count). The van der Waals surface area contributed by atoms with Crippen LogP contribution in [0.15, 0.2) is 55.2 Å². The van der Waals surface area contributed by atoms with Crippen molar-refractivity contribution in [1.82, 2.24) is 30.0 Å². The second-order valence-electron chi connectivity index (χ2n) is 6.34. The average molecular weight is 381 g/mol. The zero-order chi connectivity index (χ0) is 19.9. The Morgan fingerprint density at radius 3 is 2.79 bits per heavy atom. The molecule has 0 radical (unpaired) electrons. The molecule has 2 heterocycles. The van der Waals surface area contributed by atoms with Crippen LogP contribution in [0.1, 0.15) is 11.6 Å². The Balaban J connectivity index is 1.58. The summed E-state index contributed by atoms with van der Waals surface area (Å²) in [5.41, 5.74) is 1.65. The molecule has 0 fully saturated rings. The van der Waals surface area contributed by atoms with Crippen LogP contribution in [0.5, 0.6) is 5.75 Å². The number of hydrogen-bond donors (Lipinski definition) is 2. The number of hydrogen-bond acceptors (Lipinski definition) is 6. The number of methoxy groups -OCH3 is 1. The van der Waals surface area contributed by atoms with Gasteiger partial charge < -0.3 is 20.3 Å². The van der Waals surface area contributed by atoms with E-state index in [1.165, 1.54) is 6.33 Å². The molecule has 0 bridgehead atoms. The molecule has 9 heteroatoms. The molecule has 0 spiro atoms. The van der Waals surface area contributed by atoms with Crippen LogP contribution in [-0.2, 0) is 0 Å². The maximum absolute atomic E-state index is 12.3. The summed E-state index contributed by atoms with van der Waals surface area (Å²) < 4.78 is 6.83. The fourth-order valence-corrected chi connectivity index (χ4v) is 2.73. The first-order valence-corrected chi connectivity index (χ1v) is 8.73. The fourth-order valence-electron chi connectivity index (χ4n) is 2.73. The number of urea groups is 1. The van der Waals surface area contributed by atoms with E-state index in [1.54, 1.807) is 36.4 Å². The summed E-state index contributed by atoms with van der Waals surface area (Å²) >= 11 is 0. The van der Waals surface area contributed by atoms with Crippen molar-refractivity contribution in [2.75, 3.05) is 33.1 Å². The molecule has 0 unspecified atom stereocenters. The Morgan fingerprint density at radius 2 is 2.14 bits per heavy atom. The van der Waals surface area contributed by atoms with Crippen molar-refractivity contribution in [1.29, 1.82) is 0 Å². The molecule has 2 amide bonds. The molecular formula is C19H23N7O2. The van der Waals surface area contributed by atoms with Crippen LogP contribution in [0.25, 0.3) is 5.82 Å².